The van der Waals surface area contributed by atoms with E-state index in [1.807, 2.05) is 0 Å². The lowest BCUT2D eigenvalue weighted by molar-refractivity contribution is -0.402. The van der Waals surface area contributed by atoms with E-state index < -0.39 is 10.9 Å². The minimum absolute atomic E-state index is 0. The number of hydrogen-bond acceptors (Lipinski definition) is 4. The maximum Gasteiger partial charge on any atom is 0.274 e. The third-order valence-corrected chi connectivity index (χ3v) is 0.453. The standard InChI is InChI=1S/C4H5NO4.CH4/c6-4(7)2-1-3-5(8)9;/h1-3,6-7H;1H4. The molecule has 5 nitrogen and oxygen atoms in total. The van der Waals surface area contributed by atoms with Crippen LogP contribution in [0.25, 0.3) is 0 Å². The third-order valence-electron chi connectivity index (χ3n) is 0.453. The first-order valence-electron chi connectivity index (χ1n) is 2.03. The average molecular weight is 147 g/mol. The third kappa shape index (κ3) is 9.70. The summed E-state index contributed by atoms with van der Waals surface area (Å²) < 4.78 is 0. The molecule has 0 aromatic carbocycles. The Hall–Kier alpha value is -1.52. The van der Waals surface area contributed by atoms with Crippen molar-refractivity contribution in [2.24, 2.45) is 0 Å². The number of rotatable bonds is 2. The van der Waals surface area contributed by atoms with Gasteiger partial charge in [0.2, 0.25) is 6.20 Å². The molecule has 0 aliphatic carbocycles. The minimum Gasteiger partial charge on any atom is -0.481 e. The molecular formula is C5H9NO4. The lowest BCUT2D eigenvalue weighted by atomic mass is 10.6. The summed E-state index contributed by atoms with van der Waals surface area (Å²) in [6, 6.07) is 0. The van der Waals surface area contributed by atoms with Crippen LogP contribution in [-0.2, 0) is 0 Å². The normalized spacial score (nSPS) is 8.40. The Morgan fingerprint density at radius 1 is 1.50 bits per heavy atom. The molecule has 0 aliphatic heterocycles. The lowest BCUT2D eigenvalue weighted by Crippen LogP contribution is -1.81. The van der Waals surface area contributed by atoms with Gasteiger partial charge in [-0.25, -0.2) is 0 Å². The zero-order chi connectivity index (χ0) is 7.28. The smallest absolute Gasteiger partial charge is 0.274 e. The van der Waals surface area contributed by atoms with Gasteiger partial charge in [-0.15, -0.1) is 0 Å². The van der Waals surface area contributed by atoms with Crippen LogP contribution in [0.2, 0.25) is 0 Å². The largest absolute Gasteiger partial charge is 0.481 e. The SMILES string of the molecule is C.O=[N+]([O-])C=CC=C(O)O. The van der Waals surface area contributed by atoms with Crippen molar-refractivity contribution in [3.8, 4) is 0 Å². The maximum atomic E-state index is 9.51. The van der Waals surface area contributed by atoms with Crippen LogP contribution in [0.5, 0.6) is 0 Å². The summed E-state index contributed by atoms with van der Waals surface area (Å²) in [5.41, 5.74) is 0. The van der Waals surface area contributed by atoms with Crippen molar-refractivity contribution < 1.29 is 15.1 Å². The fraction of sp³-hybridized carbons (Fsp3) is 0.200. The van der Waals surface area contributed by atoms with Gasteiger partial charge in [0.25, 0.3) is 5.95 Å². The van der Waals surface area contributed by atoms with Gasteiger partial charge in [-0.2, -0.15) is 0 Å². The first-order chi connectivity index (χ1) is 4.13. The van der Waals surface area contributed by atoms with Crippen molar-refractivity contribution >= 4 is 0 Å². The summed E-state index contributed by atoms with van der Waals surface area (Å²) in [7, 11) is 0. The van der Waals surface area contributed by atoms with Gasteiger partial charge in [-0.1, -0.05) is 7.43 Å². The van der Waals surface area contributed by atoms with Gasteiger partial charge in [0.05, 0.1) is 4.92 Å². The molecular weight excluding hydrogens is 138 g/mol. The molecule has 0 heterocycles. The molecule has 5 heteroatoms. The predicted octanol–water partition coefficient (Wildman–Crippen LogP) is 1.37. The molecule has 0 atom stereocenters. The molecule has 0 spiro atoms. The number of hydrogen-bond donors (Lipinski definition) is 2. The quantitative estimate of drug-likeness (QED) is 0.267. The molecule has 0 bridgehead atoms. The average Bonchev–Trinajstić information content (AvgIpc) is 1.63. The Bertz CT molecular complexity index is 157. The van der Waals surface area contributed by atoms with E-state index in [-0.39, 0.29) is 7.43 Å². The summed E-state index contributed by atoms with van der Waals surface area (Å²) in [5.74, 6) is -0.951. The molecule has 0 saturated carbocycles. The van der Waals surface area contributed by atoms with Crippen molar-refractivity contribution in [2.75, 3.05) is 0 Å². The highest BCUT2D eigenvalue weighted by Gasteiger charge is 1.81. The van der Waals surface area contributed by atoms with Crippen LogP contribution >= 0.6 is 0 Å². The van der Waals surface area contributed by atoms with E-state index in [9.17, 15) is 10.1 Å². The summed E-state index contributed by atoms with van der Waals surface area (Å²) in [4.78, 5) is 8.80. The summed E-state index contributed by atoms with van der Waals surface area (Å²) >= 11 is 0. The monoisotopic (exact) mass is 147 g/mol. The lowest BCUT2D eigenvalue weighted by Gasteiger charge is -1.78. The number of aliphatic hydroxyl groups is 2. The summed E-state index contributed by atoms with van der Waals surface area (Å²) in [6.07, 6.45) is 2.30. The molecule has 0 aromatic rings. The zero-order valence-electron chi connectivity index (χ0n) is 4.39. The molecule has 0 amide bonds. The van der Waals surface area contributed by atoms with Gasteiger partial charge in [-0.3, -0.25) is 10.1 Å². The van der Waals surface area contributed by atoms with E-state index in [4.69, 9.17) is 10.2 Å². The molecule has 0 aliphatic rings. The molecule has 0 saturated heterocycles. The first kappa shape index (κ1) is 11.3. The van der Waals surface area contributed by atoms with Crippen LogP contribution in [0.4, 0.5) is 0 Å². The van der Waals surface area contributed by atoms with E-state index in [2.05, 4.69) is 0 Å². The number of nitrogens with zero attached hydrogens (tertiary/aromatic N) is 1. The highest BCUT2D eigenvalue weighted by Crippen LogP contribution is 1.81. The zero-order valence-corrected chi connectivity index (χ0v) is 4.39. The second-order valence-electron chi connectivity index (χ2n) is 1.15. The number of aliphatic hydroxyl groups excluding tert-OH is 1. The van der Waals surface area contributed by atoms with Gasteiger partial charge >= 0.3 is 0 Å². The van der Waals surface area contributed by atoms with E-state index in [0.29, 0.717) is 6.20 Å². The molecule has 10 heavy (non-hydrogen) atoms. The van der Waals surface area contributed by atoms with Crippen molar-refractivity contribution in [1.29, 1.82) is 0 Å². The first-order valence-corrected chi connectivity index (χ1v) is 2.03. The topological polar surface area (TPSA) is 83.6 Å². The molecule has 0 unspecified atom stereocenters. The number of allylic oxidation sites excluding steroid dienone is 2. The molecule has 58 valence electrons. The molecule has 0 fully saturated rings. The fourth-order valence-corrected chi connectivity index (χ4v) is 0.199. The van der Waals surface area contributed by atoms with Crippen LogP contribution in [0.15, 0.2) is 24.3 Å². The van der Waals surface area contributed by atoms with E-state index in [1.165, 1.54) is 0 Å². The molecule has 0 rings (SSSR count). The van der Waals surface area contributed by atoms with Crippen LogP contribution in [0.3, 0.4) is 0 Å². The predicted molar refractivity (Wildman–Crippen MR) is 36.2 cm³/mol. The van der Waals surface area contributed by atoms with Gasteiger partial charge in [0.15, 0.2) is 0 Å². The maximum absolute atomic E-state index is 9.51. The fourth-order valence-electron chi connectivity index (χ4n) is 0.199. The van der Waals surface area contributed by atoms with Gasteiger partial charge in [0, 0.05) is 12.2 Å². The Morgan fingerprint density at radius 2 is 2.00 bits per heavy atom. The Balaban J connectivity index is 0. The van der Waals surface area contributed by atoms with Gasteiger partial charge < -0.3 is 10.2 Å². The van der Waals surface area contributed by atoms with Crippen molar-refractivity contribution in [1.82, 2.24) is 0 Å². The molecule has 0 aromatic heterocycles. The highest BCUT2D eigenvalue weighted by molar-refractivity contribution is 4.98. The Morgan fingerprint density at radius 3 is 2.30 bits per heavy atom. The van der Waals surface area contributed by atoms with E-state index >= 15 is 0 Å². The van der Waals surface area contributed by atoms with Crippen LogP contribution < -0.4 is 0 Å². The van der Waals surface area contributed by atoms with E-state index in [1.54, 1.807) is 0 Å². The van der Waals surface area contributed by atoms with Gasteiger partial charge in [-0.05, 0) is 0 Å². The summed E-state index contributed by atoms with van der Waals surface area (Å²) in [5, 5.41) is 25.5. The van der Waals surface area contributed by atoms with Crippen molar-refractivity contribution in [2.45, 2.75) is 7.43 Å². The Kier molecular flexibility index (Phi) is 6.34. The minimum atomic E-state index is -0.951. The van der Waals surface area contributed by atoms with Gasteiger partial charge in [0.1, 0.15) is 0 Å². The molecule has 0 radical (unpaired) electrons. The van der Waals surface area contributed by atoms with Crippen LogP contribution in [-0.4, -0.2) is 15.1 Å². The van der Waals surface area contributed by atoms with Crippen LogP contribution in [0, 0.1) is 10.1 Å². The van der Waals surface area contributed by atoms with Crippen molar-refractivity contribution in [3.05, 3.63) is 34.4 Å². The number of nitro groups is 1. The van der Waals surface area contributed by atoms with Crippen molar-refractivity contribution in [3.63, 3.8) is 0 Å². The summed E-state index contributed by atoms with van der Waals surface area (Å²) in [6.45, 7) is 0. The second kappa shape index (κ2) is 5.61. The van der Waals surface area contributed by atoms with E-state index in [0.717, 1.165) is 12.2 Å². The highest BCUT2D eigenvalue weighted by atomic mass is 16.6. The molecule has 2 N–H and O–H groups in total. The van der Waals surface area contributed by atoms with Crippen LogP contribution in [0.1, 0.15) is 7.43 Å². The second-order valence-corrected chi connectivity index (χ2v) is 1.15. The Labute approximate surface area is 58.1 Å².